The van der Waals surface area contributed by atoms with E-state index in [2.05, 4.69) is 17.6 Å². The van der Waals surface area contributed by atoms with Crippen LogP contribution in [-0.2, 0) is 9.59 Å². The summed E-state index contributed by atoms with van der Waals surface area (Å²) in [6.07, 6.45) is 5.48. The van der Waals surface area contributed by atoms with E-state index in [1.807, 2.05) is 13.8 Å². The number of nitrogens with zero attached hydrogens (tertiary/aromatic N) is 1. The number of carbonyl (C=O) groups excluding carboxylic acids is 3. The molecule has 0 radical (unpaired) electrons. The molecule has 0 spiro atoms. The molecule has 22 heavy (non-hydrogen) atoms. The second-order valence-electron chi connectivity index (χ2n) is 6.55. The maximum absolute atomic E-state index is 12.5. The summed E-state index contributed by atoms with van der Waals surface area (Å²) in [5, 5.41) is 5.73. The summed E-state index contributed by atoms with van der Waals surface area (Å²) in [6, 6.07) is -0.301. The molecule has 1 aliphatic heterocycles. The van der Waals surface area contributed by atoms with Gasteiger partial charge in [0.05, 0.1) is 0 Å². The van der Waals surface area contributed by atoms with Gasteiger partial charge in [0, 0.05) is 6.04 Å². The van der Waals surface area contributed by atoms with E-state index in [4.69, 9.17) is 0 Å². The molecule has 0 bridgehead atoms. The van der Waals surface area contributed by atoms with E-state index < -0.39 is 11.6 Å². The van der Waals surface area contributed by atoms with Gasteiger partial charge in [-0.3, -0.25) is 14.5 Å². The van der Waals surface area contributed by atoms with Gasteiger partial charge in [0.2, 0.25) is 5.91 Å². The van der Waals surface area contributed by atoms with Crippen LogP contribution in [0.25, 0.3) is 0 Å². The first kappa shape index (κ1) is 16.8. The highest BCUT2D eigenvalue weighted by Crippen LogP contribution is 2.25. The van der Waals surface area contributed by atoms with E-state index >= 15 is 0 Å². The van der Waals surface area contributed by atoms with Crippen LogP contribution in [0.5, 0.6) is 0 Å². The number of urea groups is 1. The maximum atomic E-state index is 12.5. The molecular weight excluding hydrogens is 282 g/mol. The molecule has 1 aliphatic carbocycles. The standard InChI is InChI=1S/C16H27N3O3/c1-4-16(5-2)14(21)19(15(22)18-16)10-13(20)17-12-9-7-6-8-11(12)3/h11-12H,4-10H2,1-3H3,(H,17,20)(H,18,22)/t11-,12+/m1/s1. The third-order valence-electron chi connectivity index (χ3n) is 5.21. The van der Waals surface area contributed by atoms with Crippen LogP contribution in [0.1, 0.15) is 59.3 Å². The predicted octanol–water partition coefficient (Wildman–Crippen LogP) is 1.79. The lowest BCUT2D eigenvalue weighted by Crippen LogP contribution is -2.48. The number of carbonyl (C=O) groups is 3. The predicted molar refractivity (Wildman–Crippen MR) is 83.1 cm³/mol. The third-order valence-corrected chi connectivity index (χ3v) is 5.21. The van der Waals surface area contributed by atoms with E-state index in [0.717, 1.165) is 24.2 Å². The fraction of sp³-hybridized carbons (Fsp3) is 0.812. The third kappa shape index (κ3) is 3.10. The number of amides is 4. The van der Waals surface area contributed by atoms with Crippen molar-refractivity contribution in [2.45, 2.75) is 70.9 Å². The molecule has 2 N–H and O–H groups in total. The second-order valence-corrected chi connectivity index (χ2v) is 6.55. The van der Waals surface area contributed by atoms with E-state index in [9.17, 15) is 14.4 Å². The molecule has 1 saturated carbocycles. The van der Waals surface area contributed by atoms with Crippen molar-refractivity contribution in [3.05, 3.63) is 0 Å². The second kappa shape index (κ2) is 6.67. The molecule has 0 aromatic heterocycles. The normalized spacial score (nSPS) is 27.7. The van der Waals surface area contributed by atoms with Gasteiger partial charge < -0.3 is 10.6 Å². The number of imide groups is 1. The Morgan fingerprint density at radius 1 is 1.27 bits per heavy atom. The molecule has 0 aromatic rings. The van der Waals surface area contributed by atoms with Gasteiger partial charge in [0.15, 0.2) is 0 Å². The molecule has 2 atom stereocenters. The van der Waals surface area contributed by atoms with Crippen LogP contribution in [0.4, 0.5) is 4.79 Å². The number of rotatable bonds is 5. The van der Waals surface area contributed by atoms with Gasteiger partial charge in [-0.1, -0.05) is 33.6 Å². The smallest absolute Gasteiger partial charge is 0.325 e. The lowest BCUT2D eigenvalue weighted by Gasteiger charge is -2.30. The van der Waals surface area contributed by atoms with Crippen LogP contribution in [-0.4, -0.2) is 40.9 Å². The van der Waals surface area contributed by atoms with Gasteiger partial charge >= 0.3 is 6.03 Å². The Balaban J connectivity index is 1.96. The Labute approximate surface area is 132 Å². The van der Waals surface area contributed by atoms with Gasteiger partial charge in [0.25, 0.3) is 5.91 Å². The highest BCUT2D eigenvalue weighted by Gasteiger charge is 2.49. The van der Waals surface area contributed by atoms with Crippen molar-refractivity contribution >= 4 is 17.8 Å². The van der Waals surface area contributed by atoms with Crippen LogP contribution in [0.2, 0.25) is 0 Å². The molecule has 2 rings (SSSR count). The molecule has 4 amide bonds. The molecule has 1 heterocycles. The Kier molecular flexibility index (Phi) is 5.08. The zero-order valence-corrected chi connectivity index (χ0v) is 13.8. The van der Waals surface area contributed by atoms with Gasteiger partial charge in [-0.2, -0.15) is 0 Å². The highest BCUT2D eigenvalue weighted by molar-refractivity contribution is 6.08. The van der Waals surface area contributed by atoms with Crippen molar-refractivity contribution in [1.82, 2.24) is 15.5 Å². The van der Waals surface area contributed by atoms with Crippen molar-refractivity contribution in [2.24, 2.45) is 5.92 Å². The summed E-state index contributed by atoms with van der Waals surface area (Å²) in [4.78, 5) is 37.7. The van der Waals surface area contributed by atoms with Crippen molar-refractivity contribution in [2.75, 3.05) is 6.54 Å². The van der Waals surface area contributed by atoms with Crippen molar-refractivity contribution in [3.8, 4) is 0 Å². The van der Waals surface area contributed by atoms with Crippen molar-refractivity contribution in [3.63, 3.8) is 0 Å². The Morgan fingerprint density at radius 3 is 2.45 bits per heavy atom. The molecule has 1 saturated heterocycles. The maximum Gasteiger partial charge on any atom is 0.325 e. The number of hydrogen-bond acceptors (Lipinski definition) is 3. The summed E-state index contributed by atoms with van der Waals surface area (Å²) in [7, 11) is 0. The van der Waals surface area contributed by atoms with Gasteiger partial charge in [0.1, 0.15) is 12.1 Å². The Morgan fingerprint density at radius 2 is 1.91 bits per heavy atom. The lowest BCUT2D eigenvalue weighted by molar-refractivity contribution is -0.135. The van der Waals surface area contributed by atoms with E-state index in [1.54, 1.807) is 0 Å². The first-order valence-electron chi connectivity index (χ1n) is 8.37. The molecule has 6 heteroatoms. The Hall–Kier alpha value is -1.59. The monoisotopic (exact) mass is 309 g/mol. The average molecular weight is 309 g/mol. The van der Waals surface area contributed by atoms with Crippen molar-refractivity contribution < 1.29 is 14.4 Å². The molecule has 2 fully saturated rings. The summed E-state index contributed by atoms with van der Waals surface area (Å²) in [5.41, 5.74) is -0.838. The first-order chi connectivity index (χ1) is 10.4. The van der Waals surface area contributed by atoms with E-state index in [0.29, 0.717) is 18.8 Å². The topological polar surface area (TPSA) is 78.5 Å². The minimum absolute atomic E-state index is 0.157. The SMILES string of the molecule is CCC1(CC)NC(=O)N(CC(=O)N[C@H]2CCCC[C@H]2C)C1=O. The highest BCUT2D eigenvalue weighted by atomic mass is 16.2. The first-order valence-corrected chi connectivity index (χ1v) is 8.37. The van der Waals surface area contributed by atoms with Crippen LogP contribution < -0.4 is 10.6 Å². The zero-order valence-electron chi connectivity index (χ0n) is 13.8. The fourth-order valence-electron chi connectivity index (χ4n) is 3.48. The summed E-state index contributed by atoms with van der Waals surface area (Å²) in [5.74, 6) is -0.0780. The number of hydrogen-bond donors (Lipinski definition) is 2. The molecule has 2 aliphatic rings. The molecule has 124 valence electrons. The summed E-state index contributed by atoms with van der Waals surface area (Å²) in [6.45, 7) is 5.69. The quantitative estimate of drug-likeness (QED) is 0.760. The van der Waals surface area contributed by atoms with E-state index in [1.165, 1.54) is 6.42 Å². The molecule has 0 aromatic carbocycles. The van der Waals surface area contributed by atoms with Crippen LogP contribution >= 0.6 is 0 Å². The van der Waals surface area contributed by atoms with Crippen LogP contribution in [0, 0.1) is 5.92 Å². The molecule has 0 unspecified atom stereocenters. The summed E-state index contributed by atoms with van der Waals surface area (Å²) >= 11 is 0. The van der Waals surface area contributed by atoms with Gasteiger partial charge in [-0.25, -0.2) is 4.79 Å². The number of nitrogens with one attached hydrogen (secondary N) is 2. The lowest BCUT2D eigenvalue weighted by atomic mass is 9.86. The van der Waals surface area contributed by atoms with Gasteiger partial charge in [-0.05, 0) is 31.6 Å². The van der Waals surface area contributed by atoms with Gasteiger partial charge in [-0.15, -0.1) is 0 Å². The minimum atomic E-state index is -0.838. The van der Waals surface area contributed by atoms with Crippen LogP contribution in [0.15, 0.2) is 0 Å². The zero-order chi connectivity index (χ0) is 16.3. The van der Waals surface area contributed by atoms with E-state index in [-0.39, 0.29) is 24.4 Å². The average Bonchev–Trinajstić information content (AvgIpc) is 2.74. The minimum Gasteiger partial charge on any atom is -0.352 e. The fourth-order valence-corrected chi connectivity index (χ4v) is 3.48. The largest absolute Gasteiger partial charge is 0.352 e. The van der Waals surface area contributed by atoms with Crippen LogP contribution in [0.3, 0.4) is 0 Å². The summed E-state index contributed by atoms with van der Waals surface area (Å²) < 4.78 is 0. The van der Waals surface area contributed by atoms with Crippen molar-refractivity contribution in [1.29, 1.82) is 0 Å². The molecular formula is C16H27N3O3. The Bertz CT molecular complexity index is 460. The molecule has 6 nitrogen and oxygen atoms in total.